The van der Waals surface area contributed by atoms with Crippen molar-refractivity contribution in [3.05, 3.63) is 69.6 Å². The smallest absolute Gasteiger partial charge is 0.417 e. The molecule has 0 radical (unpaired) electrons. The molecule has 2 aromatic rings. The molecule has 1 amide bonds. The van der Waals surface area contributed by atoms with Crippen molar-refractivity contribution in [3.63, 3.8) is 0 Å². The van der Waals surface area contributed by atoms with E-state index < -0.39 is 42.3 Å². The molecular formula is C19H19F3N2O4. The van der Waals surface area contributed by atoms with E-state index in [9.17, 15) is 27.6 Å². The van der Waals surface area contributed by atoms with Crippen LogP contribution in [0.3, 0.4) is 0 Å². The van der Waals surface area contributed by atoms with E-state index in [2.05, 4.69) is 4.74 Å². The molecule has 0 saturated heterocycles. The van der Waals surface area contributed by atoms with E-state index in [4.69, 9.17) is 0 Å². The summed E-state index contributed by atoms with van der Waals surface area (Å²) in [5.41, 5.74) is -0.161. The van der Waals surface area contributed by atoms with Crippen LogP contribution in [0.15, 0.2) is 47.4 Å². The zero-order valence-corrected chi connectivity index (χ0v) is 15.3. The normalized spacial score (nSPS) is 11.2. The summed E-state index contributed by atoms with van der Waals surface area (Å²) in [4.78, 5) is 37.4. The largest absolute Gasteiger partial charge is 0.468 e. The van der Waals surface area contributed by atoms with Gasteiger partial charge in [0.2, 0.25) is 5.91 Å². The predicted octanol–water partition coefficient (Wildman–Crippen LogP) is 2.38. The number of amides is 1. The van der Waals surface area contributed by atoms with Crippen LogP contribution in [0.4, 0.5) is 13.2 Å². The summed E-state index contributed by atoms with van der Waals surface area (Å²) in [6.07, 6.45) is -4.06. The second kappa shape index (κ2) is 8.73. The average Bonchev–Trinajstić information content (AvgIpc) is 2.63. The number of aromatic nitrogens is 1. The highest BCUT2D eigenvalue weighted by atomic mass is 19.4. The monoisotopic (exact) mass is 396 g/mol. The lowest BCUT2D eigenvalue weighted by atomic mass is 10.1. The highest BCUT2D eigenvalue weighted by Crippen LogP contribution is 2.28. The number of methoxy groups -OCH3 is 1. The Bertz CT molecular complexity index is 922. The molecule has 6 nitrogen and oxygen atoms in total. The number of esters is 1. The van der Waals surface area contributed by atoms with Gasteiger partial charge in [0.15, 0.2) is 0 Å². The Morgan fingerprint density at radius 1 is 1.14 bits per heavy atom. The minimum Gasteiger partial charge on any atom is -0.468 e. The molecule has 1 aromatic heterocycles. The minimum atomic E-state index is -4.65. The van der Waals surface area contributed by atoms with Crippen molar-refractivity contribution >= 4 is 11.9 Å². The average molecular weight is 396 g/mol. The summed E-state index contributed by atoms with van der Waals surface area (Å²) >= 11 is 0. The summed E-state index contributed by atoms with van der Waals surface area (Å²) in [5.74, 6) is -1.37. The van der Waals surface area contributed by atoms with Crippen molar-refractivity contribution in [2.75, 3.05) is 13.7 Å². The standard InChI is InChI=1S/C19H19F3N2O4/c1-13-5-3-4-6-14(13)9-23(12-18(27)28-2)17(26)11-24-10-15(19(20,21)22)7-8-16(24)25/h3-8,10H,9,11-12H2,1-2H3. The topological polar surface area (TPSA) is 68.6 Å². The van der Waals surface area contributed by atoms with Crippen LogP contribution >= 0.6 is 0 Å². The first-order valence-electron chi connectivity index (χ1n) is 8.28. The van der Waals surface area contributed by atoms with Gasteiger partial charge in [0, 0.05) is 18.8 Å². The maximum Gasteiger partial charge on any atom is 0.417 e. The van der Waals surface area contributed by atoms with Crippen LogP contribution in [0.25, 0.3) is 0 Å². The number of carbonyl (C=O) groups excluding carboxylic acids is 2. The first kappa shape index (κ1) is 21.2. The van der Waals surface area contributed by atoms with Crippen molar-refractivity contribution < 1.29 is 27.5 Å². The first-order valence-corrected chi connectivity index (χ1v) is 8.28. The number of nitrogens with zero attached hydrogens (tertiary/aromatic N) is 2. The summed E-state index contributed by atoms with van der Waals surface area (Å²) in [6.45, 7) is 0.852. The summed E-state index contributed by atoms with van der Waals surface area (Å²) in [7, 11) is 1.16. The molecule has 9 heteroatoms. The number of halogens is 3. The van der Waals surface area contributed by atoms with Crippen LogP contribution in [0.1, 0.15) is 16.7 Å². The van der Waals surface area contributed by atoms with Crippen LogP contribution in [0.5, 0.6) is 0 Å². The minimum absolute atomic E-state index is 0.0499. The molecule has 0 bridgehead atoms. The fourth-order valence-corrected chi connectivity index (χ4v) is 2.51. The molecule has 0 aliphatic carbocycles. The molecule has 0 saturated carbocycles. The van der Waals surface area contributed by atoms with E-state index in [0.29, 0.717) is 16.8 Å². The molecule has 0 unspecified atom stereocenters. The summed E-state index contributed by atoms with van der Waals surface area (Å²) in [5, 5.41) is 0. The van der Waals surface area contributed by atoms with Gasteiger partial charge in [-0.15, -0.1) is 0 Å². The van der Waals surface area contributed by atoms with Gasteiger partial charge in [-0.1, -0.05) is 24.3 Å². The van der Waals surface area contributed by atoms with E-state index in [-0.39, 0.29) is 6.54 Å². The Morgan fingerprint density at radius 3 is 2.43 bits per heavy atom. The predicted molar refractivity (Wildman–Crippen MR) is 94.3 cm³/mol. The number of alkyl halides is 3. The zero-order chi connectivity index (χ0) is 20.9. The molecule has 0 atom stereocenters. The number of pyridine rings is 1. The van der Waals surface area contributed by atoms with Gasteiger partial charge >= 0.3 is 12.1 Å². The highest BCUT2D eigenvalue weighted by Gasteiger charge is 2.31. The number of hydrogen-bond donors (Lipinski definition) is 0. The molecule has 2 rings (SSSR count). The van der Waals surface area contributed by atoms with Crippen molar-refractivity contribution in [1.82, 2.24) is 9.47 Å². The Hall–Kier alpha value is -3.10. The van der Waals surface area contributed by atoms with Gasteiger partial charge < -0.3 is 14.2 Å². The molecule has 0 spiro atoms. The molecular weight excluding hydrogens is 377 g/mol. The van der Waals surface area contributed by atoms with E-state index in [1.54, 1.807) is 12.1 Å². The van der Waals surface area contributed by atoms with Crippen molar-refractivity contribution in [2.45, 2.75) is 26.2 Å². The first-order chi connectivity index (χ1) is 13.1. The van der Waals surface area contributed by atoms with Gasteiger partial charge in [0.25, 0.3) is 5.56 Å². The lowest BCUT2D eigenvalue weighted by Crippen LogP contribution is -2.39. The van der Waals surface area contributed by atoms with Gasteiger partial charge in [-0.05, 0) is 24.1 Å². The number of carbonyl (C=O) groups is 2. The summed E-state index contributed by atoms with van der Waals surface area (Å²) in [6, 6.07) is 8.58. The second-order valence-electron chi connectivity index (χ2n) is 6.13. The number of ether oxygens (including phenoxy) is 1. The van der Waals surface area contributed by atoms with Crippen LogP contribution in [-0.4, -0.2) is 35.0 Å². The number of hydrogen-bond acceptors (Lipinski definition) is 4. The lowest BCUT2D eigenvalue weighted by Gasteiger charge is -2.23. The van der Waals surface area contributed by atoms with Crippen LogP contribution in [0.2, 0.25) is 0 Å². The third-order valence-corrected chi connectivity index (χ3v) is 4.14. The number of benzene rings is 1. The fourth-order valence-electron chi connectivity index (χ4n) is 2.51. The van der Waals surface area contributed by atoms with E-state index >= 15 is 0 Å². The van der Waals surface area contributed by atoms with Gasteiger partial charge in [-0.2, -0.15) is 13.2 Å². The van der Waals surface area contributed by atoms with Gasteiger partial charge in [-0.3, -0.25) is 14.4 Å². The molecule has 0 fully saturated rings. The molecule has 1 aromatic carbocycles. The Morgan fingerprint density at radius 2 is 1.82 bits per heavy atom. The number of aryl methyl sites for hydroxylation is 1. The van der Waals surface area contributed by atoms with Crippen LogP contribution < -0.4 is 5.56 Å². The Balaban J connectivity index is 2.29. The molecule has 0 aliphatic rings. The van der Waals surface area contributed by atoms with Gasteiger partial charge in [0.1, 0.15) is 13.1 Å². The Labute approximate surface area is 159 Å². The number of rotatable bonds is 6. The van der Waals surface area contributed by atoms with E-state index in [0.717, 1.165) is 29.2 Å². The van der Waals surface area contributed by atoms with Crippen LogP contribution in [-0.2, 0) is 33.6 Å². The summed E-state index contributed by atoms with van der Waals surface area (Å²) < 4.78 is 43.9. The molecule has 0 aliphatic heterocycles. The maximum atomic E-state index is 12.9. The molecule has 1 heterocycles. The zero-order valence-electron chi connectivity index (χ0n) is 15.3. The van der Waals surface area contributed by atoms with E-state index in [1.807, 2.05) is 19.1 Å². The third kappa shape index (κ3) is 5.45. The van der Waals surface area contributed by atoms with E-state index in [1.165, 1.54) is 0 Å². The van der Waals surface area contributed by atoms with Gasteiger partial charge in [0.05, 0.1) is 12.7 Å². The quantitative estimate of drug-likeness (QED) is 0.703. The van der Waals surface area contributed by atoms with Crippen molar-refractivity contribution in [3.8, 4) is 0 Å². The molecule has 0 N–H and O–H groups in total. The van der Waals surface area contributed by atoms with Gasteiger partial charge in [-0.25, -0.2) is 0 Å². The van der Waals surface area contributed by atoms with Crippen molar-refractivity contribution in [1.29, 1.82) is 0 Å². The van der Waals surface area contributed by atoms with Crippen molar-refractivity contribution in [2.24, 2.45) is 0 Å². The molecule has 150 valence electrons. The fraction of sp³-hybridized carbons (Fsp3) is 0.316. The maximum absolute atomic E-state index is 12.9. The third-order valence-electron chi connectivity index (χ3n) is 4.14. The second-order valence-corrected chi connectivity index (χ2v) is 6.13. The molecule has 28 heavy (non-hydrogen) atoms. The Kier molecular flexibility index (Phi) is 6.61. The SMILES string of the molecule is COC(=O)CN(Cc1ccccc1C)C(=O)Cn1cc(C(F)(F)F)ccc1=O. The highest BCUT2D eigenvalue weighted by molar-refractivity contribution is 5.82. The van der Waals surface area contributed by atoms with Crippen LogP contribution in [0, 0.1) is 6.92 Å². The lowest BCUT2D eigenvalue weighted by molar-refractivity contribution is -0.147.